The first-order chi connectivity index (χ1) is 12.4. The van der Waals surface area contributed by atoms with Gasteiger partial charge in [0.2, 0.25) is 16.0 Å². The minimum Gasteiger partial charge on any atom is -0.394 e. The Morgan fingerprint density at radius 3 is 2.73 bits per heavy atom. The highest BCUT2D eigenvalue weighted by atomic mass is 32.2. The van der Waals surface area contributed by atoms with E-state index in [0.29, 0.717) is 17.3 Å². The summed E-state index contributed by atoms with van der Waals surface area (Å²) < 4.78 is 24.7. The minimum atomic E-state index is -3.67. The van der Waals surface area contributed by atoms with Gasteiger partial charge in [-0.3, -0.25) is 9.40 Å². The second-order valence-electron chi connectivity index (χ2n) is 5.53. The van der Waals surface area contributed by atoms with Crippen LogP contribution in [0.25, 0.3) is 11.0 Å². The summed E-state index contributed by atoms with van der Waals surface area (Å²) >= 11 is 0. The second-order valence-corrected chi connectivity index (χ2v) is 7.43. The number of hydrogen-bond acceptors (Lipinski definition) is 9. The SMILES string of the molecule is CS(=O)(=O)N(CC(O)CO)c1ccc(Nc2ncc3cn[nH]c3n2)cn1. The number of rotatable bonds is 7. The predicted octanol–water partition coefficient (Wildman–Crippen LogP) is -0.389. The number of nitrogens with one attached hydrogen (secondary N) is 2. The number of nitrogens with zero attached hydrogens (tertiary/aromatic N) is 5. The summed E-state index contributed by atoms with van der Waals surface area (Å²) in [6, 6.07) is 3.08. The monoisotopic (exact) mass is 379 g/mol. The lowest BCUT2D eigenvalue weighted by molar-refractivity contribution is 0.102. The lowest BCUT2D eigenvalue weighted by Crippen LogP contribution is -2.38. The summed E-state index contributed by atoms with van der Waals surface area (Å²) in [5, 5.41) is 28.8. The third-order valence-corrected chi connectivity index (χ3v) is 4.58. The molecule has 0 radical (unpaired) electrons. The largest absolute Gasteiger partial charge is 0.394 e. The highest BCUT2D eigenvalue weighted by molar-refractivity contribution is 7.92. The van der Waals surface area contributed by atoms with Crippen LogP contribution < -0.4 is 9.62 Å². The zero-order chi connectivity index (χ0) is 18.7. The highest BCUT2D eigenvalue weighted by Gasteiger charge is 2.21. The molecule has 1 unspecified atom stereocenters. The van der Waals surface area contributed by atoms with E-state index in [4.69, 9.17) is 5.11 Å². The van der Waals surface area contributed by atoms with E-state index in [1.165, 1.54) is 12.3 Å². The maximum atomic E-state index is 11.9. The molecule has 3 aromatic rings. The Hall–Kier alpha value is -2.83. The van der Waals surface area contributed by atoms with Crippen molar-refractivity contribution in [2.45, 2.75) is 6.10 Å². The minimum absolute atomic E-state index is 0.121. The van der Waals surface area contributed by atoms with Crippen molar-refractivity contribution in [3.05, 3.63) is 30.7 Å². The first-order valence-corrected chi connectivity index (χ1v) is 9.37. The molecule has 3 aromatic heterocycles. The zero-order valence-corrected chi connectivity index (χ0v) is 14.6. The molecule has 0 aliphatic carbocycles. The molecule has 0 bridgehead atoms. The fourth-order valence-electron chi connectivity index (χ4n) is 2.18. The van der Waals surface area contributed by atoms with Gasteiger partial charge < -0.3 is 15.5 Å². The van der Waals surface area contributed by atoms with Crippen molar-refractivity contribution in [2.75, 3.05) is 29.0 Å². The number of H-pyrrole nitrogens is 1. The van der Waals surface area contributed by atoms with Gasteiger partial charge in [-0.15, -0.1) is 0 Å². The molecule has 3 rings (SSSR count). The standard InChI is InChI=1S/C14H17N7O4S/c1-26(24,25)21(7-11(23)8-22)12-3-2-10(6-15-12)18-14-16-4-9-5-17-20-13(9)19-14/h2-6,11,22-23H,7-8H2,1H3,(H2,16,17,18,19,20). The number of aliphatic hydroxyl groups excluding tert-OH is 2. The van der Waals surface area contributed by atoms with E-state index in [2.05, 4.69) is 30.5 Å². The molecule has 0 saturated heterocycles. The van der Waals surface area contributed by atoms with E-state index in [1.54, 1.807) is 18.5 Å². The molecule has 0 aromatic carbocycles. The van der Waals surface area contributed by atoms with Gasteiger partial charge >= 0.3 is 0 Å². The Kier molecular flexibility index (Phi) is 4.97. The van der Waals surface area contributed by atoms with Gasteiger partial charge in [0.15, 0.2) is 5.65 Å². The lowest BCUT2D eigenvalue weighted by atomic mass is 10.3. The lowest BCUT2D eigenvalue weighted by Gasteiger charge is -2.23. The summed E-state index contributed by atoms with van der Waals surface area (Å²) in [4.78, 5) is 12.5. The molecule has 11 nitrogen and oxygen atoms in total. The molecule has 0 amide bonds. The van der Waals surface area contributed by atoms with Crippen molar-refractivity contribution < 1.29 is 18.6 Å². The summed E-state index contributed by atoms with van der Waals surface area (Å²) in [6.45, 7) is -0.853. The summed E-state index contributed by atoms with van der Waals surface area (Å²) in [5.41, 5.74) is 1.12. The van der Waals surface area contributed by atoms with Crippen molar-refractivity contribution in [1.29, 1.82) is 0 Å². The molecule has 1 atom stereocenters. The first kappa shape index (κ1) is 18.0. The maximum Gasteiger partial charge on any atom is 0.233 e. The smallest absolute Gasteiger partial charge is 0.233 e. The third kappa shape index (κ3) is 4.04. The molecular formula is C14H17N7O4S. The van der Waals surface area contributed by atoms with Crippen LogP contribution in [0.5, 0.6) is 0 Å². The van der Waals surface area contributed by atoms with Crippen molar-refractivity contribution in [2.24, 2.45) is 0 Å². The molecule has 0 spiro atoms. The highest BCUT2D eigenvalue weighted by Crippen LogP contribution is 2.19. The van der Waals surface area contributed by atoms with Crippen molar-refractivity contribution in [3.63, 3.8) is 0 Å². The van der Waals surface area contributed by atoms with Gasteiger partial charge in [0, 0.05) is 6.20 Å². The average Bonchev–Trinajstić information content (AvgIpc) is 3.07. The van der Waals surface area contributed by atoms with Crippen molar-refractivity contribution >= 4 is 38.5 Å². The van der Waals surface area contributed by atoms with E-state index in [9.17, 15) is 13.5 Å². The fraction of sp³-hybridized carbons (Fsp3) is 0.286. The van der Waals surface area contributed by atoms with Gasteiger partial charge in [-0.25, -0.2) is 18.4 Å². The Balaban J connectivity index is 1.79. The topological polar surface area (TPSA) is 157 Å². The van der Waals surface area contributed by atoms with Crippen molar-refractivity contribution in [1.82, 2.24) is 25.1 Å². The number of fused-ring (bicyclic) bond motifs is 1. The molecule has 3 heterocycles. The van der Waals surface area contributed by atoms with Crippen molar-refractivity contribution in [3.8, 4) is 0 Å². The molecule has 26 heavy (non-hydrogen) atoms. The van der Waals surface area contributed by atoms with Crippen LogP contribution in [0.4, 0.5) is 17.5 Å². The summed E-state index contributed by atoms with van der Waals surface area (Å²) in [7, 11) is -3.67. The number of aliphatic hydroxyl groups is 2. The second kappa shape index (κ2) is 7.19. The number of hydrogen-bond donors (Lipinski definition) is 4. The van der Waals surface area contributed by atoms with Crippen LogP contribution >= 0.6 is 0 Å². The molecular weight excluding hydrogens is 362 g/mol. The fourth-order valence-corrected chi connectivity index (χ4v) is 3.07. The number of aromatic nitrogens is 5. The number of aromatic amines is 1. The number of sulfonamides is 1. The molecule has 12 heteroatoms. The molecule has 0 aliphatic rings. The number of pyridine rings is 1. The van der Waals surface area contributed by atoms with Gasteiger partial charge in [0.05, 0.1) is 49.0 Å². The quantitative estimate of drug-likeness (QED) is 0.429. The van der Waals surface area contributed by atoms with Crippen LogP contribution in [0, 0.1) is 0 Å². The predicted molar refractivity (Wildman–Crippen MR) is 94.5 cm³/mol. The number of anilines is 3. The van der Waals surface area contributed by atoms with Crippen LogP contribution in [0.2, 0.25) is 0 Å². The average molecular weight is 379 g/mol. The molecule has 0 fully saturated rings. The van der Waals surface area contributed by atoms with Gasteiger partial charge in [0.1, 0.15) is 5.82 Å². The Morgan fingerprint density at radius 1 is 1.27 bits per heavy atom. The third-order valence-electron chi connectivity index (χ3n) is 3.44. The Morgan fingerprint density at radius 2 is 2.08 bits per heavy atom. The van der Waals surface area contributed by atoms with Crippen LogP contribution in [0.15, 0.2) is 30.7 Å². The van der Waals surface area contributed by atoms with Crippen LogP contribution in [0.3, 0.4) is 0 Å². The van der Waals surface area contributed by atoms with Crippen LogP contribution in [0.1, 0.15) is 0 Å². The Labute approximate surface area is 148 Å². The summed E-state index contributed by atoms with van der Waals surface area (Å²) in [5.74, 6) is 0.447. The van der Waals surface area contributed by atoms with Gasteiger partial charge in [-0.2, -0.15) is 10.1 Å². The van der Waals surface area contributed by atoms with E-state index >= 15 is 0 Å². The van der Waals surface area contributed by atoms with Gasteiger partial charge in [0.25, 0.3) is 0 Å². The van der Waals surface area contributed by atoms with Gasteiger partial charge in [-0.05, 0) is 12.1 Å². The van der Waals surface area contributed by atoms with E-state index in [-0.39, 0.29) is 12.4 Å². The molecule has 0 aliphatic heterocycles. The van der Waals surface area contributed by atoms with E-state index in [0.717, 1.165) is 15.9 Å². The summed E-state index contributed by atoms with van der Waals surface area (Å²) in [6.07, 6.45) is 4.42. The molecule has 4 N–H and O–H groups in total. The van der Waals surface area contributed by atoms with E-state index in [1.807, 2.05) is 0 Å². The molecule has 138 valence electrons. The molecule has 0 saturated carbocycles. The first-order valence-electron chi connectivity index (χ1n) is 7.52. The maximum absolute atomic E-state index is 11.9. The van der Waals surface area contributed by atoms with E-state index < -0.39 is 22.7 Å². The van der Waals surface area contributed by atoms with Crippen LogP contribution in [-0.4, -0.2) is 69.3 Å². The van der Waals surface area contributed by atoms with Crippen LogP contribution in [-0.2, 0) is 10.0 Å². The zero-order valence-electron chi connectivity index (χ0n) is 13.7. The normalized spacial score (nSPS) is 12.9. The Bertz CT molecular complexity index is 990. The van der Waals surface area contributed by atoms with Gasteiger partial charge in [-0.1, -0.05) is 0 Å².